The molecule has 0 bridgehead atoms. The highest BCUT2D eigenvalue weighted by Crippen LogP contribution is 2.17. The van der Waals surface area contributed by atoms with Crippen molar-refractivity contribution in [2.24, 2.45) is 0 Å². The van der Waals surface area contributed by atoms with Gasteiger partial charge in [-0.05, 0) is 31.2 Å². The molecular weight excluding hydrogens is 363 g/mol. The summed E-state index contributed by atoms with van der Waals surface area (Å²) in [5.41, 5.74) is 0.993. The van der Waals surface area contributed by atoms with Crippen LogP contribution >= 0.6 is 0 Å². The van der Waals surface area contributed by atoms with Crippen LogP contribution in [-0.4, -0.2) is 92.2 Å². The normalized spacial score (nSPS) is 18.3. The summed E-state index contributed by atoms with van der Waals surface area (Å²) in [6.07, 6.45) is 0.243. The summed E-state index contributed by atoms with van der Waals surface area (Å²) in [6, 6.07) is 6.49. The van der Waals surface area contributed by atoms with Gasteiger partial charge in [-0.15, -0.1) is 0 Å². The number of hydrogen-bond donors (Lipinski definition) is 0. The number of carbonyl (C=O) groups excluding carboxylic acids is 2. The minimum absolute atomic E-state index is 0.173. The third kappa shape index (κ3) is 5.34. The highest BCUT2D eigenvalue weighted by atomic mass is 19.1. The maximum Gasteiger partial charge on any atom is 0.409 e. The van der Waals surface area contributed by atoms with Gasteiger partial charge in [-0.25, -0.2) is 9.18 Å². The molecule has 1 aromatic carbocycles. The number of halogens is 1. The molecule has 2 aliphatic heterocycles. The third-order valence-corrected chi connectivity index (χ3v) is 5.36. The Labute approximate surface area is 165 Å². The molecule has 7 nitrogen and oxygen atoms in total. The van der Waals surface area contributed by atoms with Gasteiger partial charge in [0.2, 0.25) is 5.91 Å². The van der Waals surface area contributed by atoms with Gasteiger partial charge in [0, 0.05) is 71.0 Å². The molecule has 0 saturated carbocycles. The van der Waals surface area contributed by atoms with E-state index in [9.17, 15) is 14.0 Å². The number of rotatable bonds is 5. The number of nitrogens with zero attached hydrogens (tertiary/aromatic N) is 4. The van der Waals surface area contributed by atoms with Gasteiger partial charge >= 0.3 is 6.09 Å². The van der Waals surface area contributed by atoms with Crippen molar-refractivity contribution in [1.82, 2.24) is 14.7 Å². The SMILES string of the molecule is CCOC(=O)N1CCN(CCC(=O)N2CCN(c3ccc(F)cc3)CC2)CC1. The van der Waals surface area contributed by atoms with Crippen molar-refractivity contribution in [1.29, 1.82) is 0 Å². The number of carbonyl (C=O) groups is 2. The second-order valence-electron chi connectivity index (χ2n) is 7.12. The number of hydrogen-bond acceptors (Lipinski definition) is 5. The summed E-state index contributed by atoms with van der Waals surface area (Å²) in [6.45, 7) is 8.63. The fourth-order valence-electron chi connectivity index (χ4n) is 3.65. The van der Waals surface area contributed by atoms with Crippen molar-refractivity contribution in [3.8, 4) is 0 Å². The van der Waals surface area contributed by atoms with E-state index in [0.717, 1.165) is 31.9 Å². The predicted octanol–water partition coefficient (Wildman–Crippen LogP) is 1.64. The molecule has 2 heterocycles. The average Bonchev–Trinajstić information content (AvgIpc) is 2.73. The van der Waals surface area contributed by atoms with E-state index in [4.69, 9.17) is 4.74 Å². The first kappa shape index (κ1) is 20.4. The molecule has 0 spiro atoms. The van der Waals surface area contributed by atoms with Gasteiger partial charge in [-0.1, -0.05) is 0 Å². The van der Waals surface area contributed by atoms with Gasteiger partial charge < -0.3 is 19.4 Å². The third-order valence-electron chi connectivity index (χ3n) is 5.36. The molecule has 0 atom stereocenters. The molecule has 2 saturated heterocycles. The van der Waals surface area contributed by atoms with Gasteiger partial charge in [0.1, 0.15) is 5.82 Å². The molecule has 0 radical (unpaired) electrons. The minimum Gasteiger partial charge on any atom is -0.450 e. The quantitative estimate of drug-likeness (QED) is 0.763. The van der Waals surface area contributed by atoms with Crippen LogP contribution in [0, 0.1) is 5.82 Å². The molecule has 2 aliphatic rings. The van der Waals surface area contributed by atoms with Crippen LogP contribution in [0.25, 0.3) is 0 Å². The van der Waals surface area contributed by atoms with Crippen LogP contribution in [0.5, 0.6) is 0 Å². The molecule has 0 N–H and O–H groups in total. The van der Waals surface area contributed by atoms with E-state index in [1.807, 2.05) is 4.90 Å². The summed E-state index contributed by atoms with van der Waals surface area (Å²) < 4.78 is 18.1. The lowest BCUT2D eigenvalue weighted by molar-refractivity contribution is -0.131. The molecule has 0 unspecified atom stereocenters. The zero-order valence-electron chi connectivity index (χ0n) is 16.5. The first-order valence-corrected chi connectivity index (χ1v) is 9.99. The lowest BCUT2D eigenvalue weighted by atomic mass is 10.2. The Bertz CT molecular complexity index is 654. The fraction of sp³-hybridized carbons (Fsp3) is 0.600. The highest BCUT2D eigenvalue weighted by molar-refractivity contribution is 5.76. The molecule has 0 aliphatic carbocycles. The second-order valence-corrected chi connectivity index (χ2v) is 7.12. The molecule has 154 valence electrons. The van der Waals surface area contributed by atoms with Crippen molar-refractivity contribution in [3.63, 3.8) is 0 Å². The van der Waals surface area contributed by atoms with Crippen LogP contribution in [0.2, 0.25) is 0 Å². The molecule has 1 aromatic rings. The Morgan fingerprint density at radius 3 is 2.14 bits per heavy atom. The summed E-state index contributed by atoms with van der Waals surface area (Å²) >= 11 is 0. The van der Waals surface area contributed by atoms with E-state index in [2.05, 4.69) is 9.80 Å². The molecule has 3 rings (SSSR count). The van der Waals surface area contributed by atoms with E-state index in [0.29, 0.717) is 45.8 Å². The Kier molecular flexibility index (Phi) is 7.08. The van der Waals surface area contributed by atoms with Gasteiger partial charge in [0.25, 0.3) is 0 Å². The summed E-state index contributed by atoms with van der Waals surface area (Å²) in [4.78, 5) is 32.3. The lowest BCUT2D eigenvalue weighted by Crippen LogP contribution is -2.51. The number of ether oxygens (including phenoxy) is 1. The molecule has 0 aromatic heterocycles. The van der Waals surface area contributed by atoms with E-state index >= 15 is 0 Å². The minimum atomic E-state index is -0.253. The second kappa shape index (κ2) is 9.73. The summed E-state index contributed by atoms with van der Waals surface area (Å²) in [5, 5.41) is 0. The molecule has 2 amide bonds. The van der Waals surface area contributed by atoms with Crippen molar-refractivity contribution in [3.05, 3.63) is 30.1 Å². The first-order valence-electron chi connectivity index (χ1n) is 9.99. The van der Waals surface area contributed by atoms with Gasteiger partial charge in [-0.2, -0.15) is 0 Å². The number of benzene rings is 1. The van der Waals surface area contributed by atoms with E-state index in [1.165, 1.54) is 12.1 Å². The van der Waals surface area contributed by atoms with Crippen LogP contribution in [-0.2, 0) is 9.53 Å². The van der Waals surface area contributed by atoms with Crippen LogP contribution in [0.1, 0.15) is 13.3 Å². The number of piperazine rings is 2. The zero-order valence-corrected chi connectivity index (χ0v) is 16.5. The van der Waals surface area contributed by atoms with E-state index in [-0.39, 0.29) is 17.8 Å². The number of anilines is 1. The Morgan fingerprint density at radius 1 is 0.929 bits per heavy atom. The number of amides is 2. The van der Waals surface area contributed by atoms with Gasteiger partial charge in [0.05, 0.1) is 6.61 Å². The van der Waals surface area contributed by atoms with Crippen LogP contribution in [0.15, 0.2) is 24.3 Å². The Balaban J connectivity index is 1.36. The maximum absolute atomic E-state index is 13.1. The highest BCUT2D eigenvalue weighted by Gasteiger charge is 2.24. The van der Waals surface area contributed by atoms with Crippen LogP contribution < -0.4 is 4.90 Å². The standard InChI is InChI=1S/C20H29FN4O3/c1-2-28-20(27)25-11-9-22(10-12-25)8-7-19(26)24-15-13-23(14-16-24)18-5-3-17(21)4-6-18/h3-6H,2,7-16H2,1H3. The van der Waals surface area contributed by atoms with E-state index < -0.39 is 0 Å². The average molecular weight is 392 g/mol. The molecule has 28 heavy (non-hydrogen) atoms. The van der Waals surface area contributed by atoms with Crippen molar-refractivity contribution >= 4 is 17.7 Å². The molecular formula is C20H29FN4O3. The monoisotopic (exact) mass is 392 g/mol. The molecule has 2 fully saturated rings. The van der Waals surface area contributed by atoms with Crippen LogP contribution in [0.3, 0.4) is 0 Å². The van der Waals surface area contributed by atoms with E-state index in [1.54, 1.807) is 24.0 Å². The maximum atomic E-state index is 13.1. The summed E-state index contributed by atoms with van der Waals surface area (Å²) in [5.74, 6) is -0.0627. The summed E-state index contributed by atoms with van der Waals surface area (Å²) in [7, 11) is 0. The predicted molar refractivity (Wildman–Crippen MR) is 105 cm³/mol. The molecule has 8 heteroatoms. The Morgan fingerprint density at radius 2 is 1.54 bits per heavy atom. The van der Waals surface area contributed by atoms with Gasteiger partial charge in [0.15, 0.2) is 0 Å². The topological polar surface area (TPSA) is 56.3 Å². The van der Waals surface area contributed by atoms with Crippen LogP contribution in [0.4, 0.5) is 14.9 Å². The fourth-order valence-corrected chi connectivity index (χ4v) is 3.65. The largest absolute Gasteiger partial charge is 0.450 e. The first-order chi connectivity index (χ1) is 13.6. The lowest BCUT2D eigenvalue weighted by Gasteiger charge is -2.37. The van der Waals surface area contributed by atoms with Crippen molar-refractivity contribution in [2.75, 3.05) is 70.4 Å². The zero-order chi connectivity index (χ0) is 19.9. The smallest absolute Gasteiger partial charge is 0.409 e. The van der Waals surface area contributed by atoms with Gasteiger partial charge in [-0.3, -0.25) is 9.69 Å². The Hall–Kier alpha value is -2.35. The van der Waals surface area contributed by atoms with Crippen molar-refractivity contribution in [2.45, 2.75) is 13.3 Å². The van der Waals surface area contributed by atoms with Crippen molar-refractivity contribution < 1.29 is 18.7 Å².